The number of ether oxygens (including phenoxy) is 2. The minimum Gasteiger partial charge on any atom is -0.490 e. The third kappa shape index (κ3) is 3.60. The first-order valence-electron chi connectivity index (χ1n) is 5.00. The summed E-state index contributed by atoms with van der Waals surface area (Å²) in [5, 5.41) is 8.81. The van der Waals surface area contributed by atoms with E-state index < -0.39 is 11.8 Å². The van der Waals surface area contributed by atoms with Crippen molar-refractivity contribution in [2.45, 2.75) is 6.42 Å². The smallest absolute Gasteiger partial charge is 0.337 e. The van der Waals surface area contributed by atoms with Gasteiger partial charge in [-0.25, -0.2) is 9.18 Å². The predicted molar refractivity (Wildman–Crippen MR) is 59.8 cm³/mol. The van der Waals surface area contributed by atoms with Gasteiger partial charge in [0.25, 0.3) is 0 Å². The Kier molecular flexibility index (Phi) is 4.71. The molecular weight excluding hydrogens is 229 g/mol. The van der Waals surface area contributed by atoms with Crippen LogP contribution in [0.3, 0.4) is 0 Å². The lowest BCUT2D eigenvalue weighted by Gasteiger charge is -2.09. The molecule has 6 heteroatoms. The molecule has 1 aromatic rings. The van der Waals surface area contributed by atoms with E-state index in [9.17, 15) is 9.18 Å². The molecule has 0 bridgehead atoms. The lowest BCUT2D eigenvalue weighted by molar-refractivity contribution is 0.0697. The van der Waals surface area contributed by atoms with Gasteiger partial charge in [-0.15, -0.1) is 0 Å². The van der Waals surface area contributed by atoms with E-state index in [1.54, 1.807) is 7.11 Å². The Morgan fingerprint density at radius 1 is 1.47 bits per heavy atom. The second-order valence-corrected chi connectivity index (χ2v) is 3.37. The van der Waals surface area contributed by atoms with Gasteiger partial charge >= 0.3 is 5.97 Å². The number of benzene rings is 1. The zero-order valence-electron chi connectivity index (χ0n) is 9.40. The van der Waals surface area contributed by atoms with Crippen molar-refractivity contribution in [2.75, 3.05) is 26.1 Å². The summed E-state index contributed by atoms with van der Waals surface area (Å²) >= 11 is 0. The van der Waals surface area contributed by atoms with Crippen LogP contribution in [0, 0.1) is 5.82 Å². The van der Waals surface area contributed by atoms with Crippen molar-refractivity contribution in [3.05, 3.63) is 23.5 Å². The van der Waals surface area contributed by atoms with Crippen LogP contribution in [-0.4, -0.2) is 31.4 Å². The first-order valence-corrected chi connectivity index (χ1v) is 5.00. The lowest BCUT2D eigenvalue weighted by atomic mass is 10.1. The number of carboxylic acid groups (broad SMARTS) is 1. The number of nitrogen functional groups attached to an aromatic ring is 1. The van der Waals surface area contributed by atoms with Crippen LogP contribution in [0.15, 0.2) is 12.1 Å². The summed E-state index contributed by atoms with van der Waals surface area (Å²) in [7, 11) is 1.55. The molecule has 0 aliphatic carbocycles. The fourth-order valence-electron chi connectivity index (χ4n) is 1.25. The minimum atomic E-state index is -1.22. The SMILES string of the molecule is COCCCOc1cc(C(=O)O)c(N)cc1F. The van der Waals surface area contributed by atoms with E-state index in [0.29, 0.717) is 13.0 Å². The van der Waals surface area contributed by atoms with Gasteiger partial charge in [0.15, 0.2) is 11.6 Å². The van der Waals surface area contributed by atoms with Crippen molar-refractivity contribution in [2.24, 2.45) is 0 Å². The third-order valence-corrected chi connectivity index (χ3v) is 2.08. The molecule has 0 aliphatic rings. The number of anilines is 1. The van der Waals surface area contributed by atoms with E-state index in [0.717, 1.165) is 12.1 Å². The highest BCUT2D eigenvalue weighted by molar-refractivity contribution is 5.94. The van der Waals surface area contributed by atoms with Gasteiger partial charge in [-0.05, 0) is 6.07 Å². The first kappa shape index (κ1) is 13.2. The van der Waals surface area contributed by atoms with Crippen molar-refractivity contribution >= 4 is 11.7 Å². The summed E-state index contributed by atoms with van der Waals surface area (Å²) in [6.45, 7) is 0.732. The molecule has 5 nitrogen and oxygen atoms in total. The Hall–Kier alpha value is -1.82. The van der Waals surface area contributed by atoms with E-state index in [-0.39, 0.29) is 23.6 Å². The van der Waals surface area contributed by atoms with Gasteiger partial charge in [-0.3, -0.25) is 0 Å². The van der Waals surface area contributed by atoms with Crippen LogP contribution in [-0.2, 0) is 4.74 Å². The molecule has 0 amide bonds. The van der Waals surface area contributed by atoms with E-state index in [2.05, 4.69) is 0 Å². The number of carboxylic acids is 1. The highest BCUT2D eigenvalue weighted by atomic mass is 19.1. The topological polar surface area (TPSA) is 81.8 Å². The molecular formula is C11H14FNO4. The van der Waals surface area contributed by atoms with E-state index >= 15 is 0 Å². The third-order valence-electron chi connectivity index (χ3n) is 2.08. The van der Waals surface area contributed by atoms with Crippen LogP contribution in [0.4, 0.5) is 10.1 Å². The van der Waals surface area contributed by atoms with Crippen LogP contribution in [0.1, 0.15) is 16.8 Å². The molecule has 94 valence electrons. The number of aromatic carboxylic acids is 1. The van der Waals surface area contributed by atoms with Crippen molar-refractivity contribution in [1.29, 1.82) is 0 Å². The quantitative estimate of drug-likeness (QED) is 0.584. The summed E-state index contributed by atoms with van der Waals surface area (Å²) < 4.78 is 23.3. The Balaban J connectivity index is 2.77. The average molecular weight is 243 g/mol. The normalized spacial score (nSPS) is 10.2. The minimum absolute atomic E-state index is 0.118. The molecule has 0 saturated heterocycles. The molecule has 0 aliphatic heterocycles. The van der Waals surface area contributed by atoms with Crippen molar-refractivity contribution in [1.82, 2.24) is 0 Å². The Morgan fingerprint density at radius 3 is 2.76 bits per heavy atom. The van der Waals surface area contributed by atoms with Gasteiger partial charge in [0.1, 0.15) is 0 Å². The second kappa shape index (κ2) is 6.05. The highest BCUT2D eigenvalue weighted by Gasteiger charge is 2.13. The van der Waals surface area contributed by atoms with Gasteiger partial charge in [0.2, 0.25) is 0 Å². The van der Waals surface area contributed by atoms with Crippen molar-refractivity contribution in [3.8, 4) is 5.75 Å². The standard InChI is InChI=1S/C11H14FNO4/c1-16-3-2-4-17-10-5-7(11(14)15)9(13)6-8(10)12/h5-6H,2-4,13H2,1H3,(H,14,15). The van der Waals surface area contributed by atoms with Crippen LogP contribution < -0.4 is 10.5 Å². The lowest BCUT2D eigenvalue weighted by Crippen LogP contribution is -2.07. The van der Waals surface area contributed by atoms with Crippen LogP contribution in [0.5, 0.6) is 5.75 Å². The van der Waals surface area contributed by atoms with Gasteiger partial charge in [0.05, 0.1) is 12.2 Å². The molecule has 0 unspecified atom stereocenters. The summed E-state index contributed by atoms with van der Waals surface area (Å²) in [6, 6.07) is 2.02. The molecule has 0 fully saturated rings. The van der Waals surface area contributed by atoms with E-state index in [1.165, 1.54) is 0 Å². The highest BCUT2D eigenvalue weighted by Crippen LogP contribution is 2.24. The Labute approximate surface area is 97.9 Å². The zero-order chi connectivity index (χ0) is 12.8. The van der Waals surface area contributed by atoms with Gasteiger partial charge < -0.3 is 20.3 Å². The van der Waals surface area contributed by atoms with Crippen LogP contribution >= 0.6 is 0 Å². The number of carbonyl (C=O) groups is 1. The number of halogens is 1. The number of rotatable bonds is 6. The largest absolute Gasteiger partial charge is 0.490 e. The second-order valence-electron chi connectivity index (χ2n) is 3.37. The summed E-state index contributed by atoms with van der Waals surface area (Å²) in [5.74, 6) is -2.01. The molecule has 0 atom stereocenters. The molecule has 3 N–H and O–H groups in total. The summed E-state index contributed by atoms with van der Waals surface area (Å²) in [4.78, 5) is 10.8. The molecule has 0 aromatic heterocycles. The van der Waals surface area contributed by atoms with Gasteiger partial charge in [-0.2, -0.15) is 0 Å². The van der Waals surface area contributed by atoms with Crippen molar-refractivity contribution in [3.63, 3.8) is 0 Å². The molecule has 1 aromatic carbocycles. The van der Waals surface area contributed by atoms with Crippen molar-refractivity contribution < 1.29 is 23.8 Å². The Morgan fingerprint density at radius 2 is 2.18 bits per heavy atom. The maximum absolute atomic E-state index is 13.4. The maximum atomic E-state index is 13.4. The molecule has 0 radical (unpaired) electrons. The predicted octanol–water partition coefficient (Wildman–Crippen LogP) is 1.52. The summed E-state index contributed by atoms with van der Waals surface area (Å²) in [5.41, 5.74) is 5.07. The fourth-order valence-corrected chi connectivity index (χ4v) is 1.25. The molecule has 0 saturated carbocycles. The number of hydrogen-bond acceptors (Lipinski definition) is 4. The van der Waals surface area contributed by atoms with E-state index in [4.69, 9.17) is 20.3 Å². The number of hydrogen-bond donors (Lipinski definition) is 2. The first-order chi connectivity index (χ1) is 8.06. The molecule has 0 heterocycles. The summed E-state index contributed by atoms with van der Waals surface area (Å²) in [6.07, 6.45) is 0.586. The number of methoxy groups -OCH3 is 1. The zero-order valence-corrected chi connectivity index (χ0v) is 9.40. The van der Waals surface area contributed by atoms with Gasteiger partial charge in [-0.1, -0.05) is 0 Å². The van der Waals surface area contributed by atoms with Crippen LogP contribution in [0.25, 0.3) is 0 Å². The van der Waals surface area contributed by atoms with Gasteiger partial charge in [0, 0.05) is 31.9 Å². The average Bonchev–Trinajstić information content (AvgIpc) is 2.26. The Bertz CT molecular complexity index is 409. The maximum Gasteiger partial charge on any atom is 0.337 e. The van der Waals surface area contributed by atoms with E-state index in [1.807, 2.05) is 0 Å². The monoisotopic (exact) mass is 243 g/mol. The fraction of sp³-hybridized carbons (Fsp3) is 0.364. The van der Waals surface area contributed by atoms with Crippen LogP contribution in [0.2, 0.25) is 0 Å². The molecule has 17 heavy (non-hydrogen) atoms. The molecule has 1 rings (SSSR count). The molecule has 0 spiro atoms. The number of nitrogens with two attached hydrogens (primary N) is 1.